The normalized spacial score (nSPS) is 11.4. The van der Waals surface area contributed by atoms with Crippen LogP contribution in [0.25, 0.3) is 0 Å². The molecule has 0 spiro atoms. The molecule has 0 atom stereocenters. The highest BCUT2D eigenvalue weighted by molar-refractivity contribution is 5.71. The molecule has 0 bridgehead atoms. The fourth-order valence-electron chi connectivity index (χ4n) is 1.44. The minimum absolute atomic E-state index is 0.0195. The van der Waals surface area contributed by atoms with Gasteiger partial charge in [-0.2, -0.15) is 13.2 Å². The van der Waals surface area contributed by atoms with E-state index in [1.807, 2.05) is 0 Å². The minimum atomic E-state index is -4.41. The smallest absolute Gasteiger partial charge is 0.416 e. The molecule has 0 amide bonds. The van der Waals surface area contributed by atoms with Crippen molar-refractivity contribution in [3.05, 3.63) is 29.3 Å². The molecule has 0 aliphatic rings. The van der Waals surface area contributed by atoms with Crippen LogP contribution in [0.3, 0.4) is 0 Å². The molecule has 4 nitrogen and oxygen atoms in total. The van der Waals surface area contributed by atoms with Gasteiger partial charge in [0.05, 0.1) is 18.7 Å². The third kappa shape index (κ3) is 4.78. The Morgan fingerprint density at radius 1 is 1.42 bits per heavy atom. The summed E-state index contributed by atoms with van der Waals surface area (Å²) in [5.74, 6) is -0.423. The largest absolute Gasteiger partial charge is 0.465 e. The molecule has 0 heterocycles. The molecule has 19 heavy (non-hydrogen) atoms. The van der Waals surface area contributed by atoms with Crippen molar-refractivity contribution >= 4 is 11.7 Å². The number of nitrogens with one attached hydrogen (secondary N) is 1. The number of esters is 1. The van der Waals surface area contributed by atoms with Crippen molar-refractivity contribution < 1.29 is 22.7 Å². The maximum atomic E-state index is 12.4. The summed E-state index contributed by atoms with van der Waals surface area (Å²) in [6.07, 6.45) is -4.41. The summed E-state index contributed by atoms with van der Waals surface area (Å²) in [4.78, 5) is 11.0. The average molecular weight is 276 g/mol. The molecule has 106 valence electrons. The van der Waals surface area contributed by atoms with Crippen LogP contribution in [-0.4, -0.2) is 19.1 Å². The fraction of sp³-hybridized carbons (Fsp3) is 0.417. The highest BCUT2D eigenvalue weighted by Crippen LogP contribution is 2.31. The number of hydrogen-bond acceptors (Lipinski definition) is 4. The zero-order chi connectivity index (χ0) is 14.5. The standard InChI is InChI=1S/C12H15F3N2O2/c1-2-19-11(18)7-17-6-8-3-4-9(5-10(8)16)12(13,14)15/h3-5,17H,2,6-7,16H2,1H3. The van der Waals surface area contributed by atoms with E-state index in [-0.39, 0.29) is 25.4 Å². The number of carbonyl (C=O) groups excluding carboxylic acids is 1. The predicted octanol–water partition coefficient (Wildman–Crippen LogP) is 1.94. The Balaban J connectivity index is 2.58. The van der Waals surface area contributed by atoms with Gasteiger partial charge in [0.2, 0.25) is 0 Å². The number of nitrogen functional groups attached to an aromatic ring is 1. The number of rotatable bonds is 5. The summed E-state index contributed by atoms with van der Waals surface area (Å²) in [6.45, 7) is 2.14. The lowest BCUT2D eigenvalue weighted by Crippen LogP contribution is -2.24. The van der Waals surface area contributed by atoms with Crippen molar-refractivity contribution in [2.75, 3.05) is 18.9 Å². The second-order valence-corrected chi connectivity index (χ2v) is 3.82. The molecule has 0 aliphatic heterocycles. The van der Waals surface area contributed by atoms with E-state index in [4.69, 9.17) is 10.5 Å². The van der Waals surface area contributed by atoms with Crippen LogP contribution in [0.1, 0.15) is 18.1 Å². The van der Waals surface area contributed by atoms with Gasteiger partial charge in [-0.1, -0.05) is 6.07 Å². The number of anilines is 1. The SMILES string of the molecule is CCOC(=O)CNCc1ccc(C(F)(F)F)cc1N. The first-order valence-electron chi connectivity index (χ1n) is 5.66. The first-order chi connectivity index (χ1) is 8.84. The highest BCUT2D eigenvalue weighted by atomic mass is 19.4. The molecule has 0 saturated heterocycles. The zero-order valence-electron chi connectivity index (χ0n) is 10.4. The van der Waals surface area contributed by atoms with Gasteiger partial charge >= 0.3 is 12.1 Å². The molecule has 1 aromatic carbocycles. The number of carbonyl (C=O) groups is 1. The summed E-state index contributed by atoms with van der Waals surface area (Å²) in [5, 5.41) is 2.75. The molecule has 3 N–H and O–H groups in total. The van der Waals surface area contributed by atoms with Crippen LogP contribution in [0.5, 0.6) is 0 Å². The Bertz CT molecular complexity index is 447. The van der Waals surface area contributed by atoms with Gasteiger partial charge in [0.15, 0.2) is 0 Å². The van der Waals surface area contributed by atoms with Crippen LogP contribution in [-0.2, 0) is 22.3 Å². The molecule has 0 saturated carbocycles. The maximum Gasteiger partial charge on any atom is 0.416 e. The minimum Gasteiger partial charge on any atom is -0.465 e. The molecule has 0 aromatic heterocycles. The molecule has 0 fully saturated rings. The van der Waals surface area contributed by atoms with Crippen LogP contribution in [0, 0.1) is 0 Å². The lowest BCUT2D eigenvalue weighted by Gasteiger charge is -2.11. The summed E-state index contributed by atoms with van der Waals surface area (Å²) in [6, 6.07) is 3.12. The average Bonchev–Trinajstić information content (AvgIpc) is 2.30. The van der Waals surface area contributed by atoms with Gasteiger partial charge in [0.1, 0.15) is 0 Å². The molecular weight excluding hydrogens is 261 g/mol. The third-order valence-electron chi connectivity index (χ3n) is 2.36. The monoisotopic (exact) mass is 276 g/mol. The van der Waals surface area contributed by atoms with Gasteiger partial charge < -0.3 is 15.8 Å². The predicted molar refractivity (Wildman–Crippen MR) is 64.2 cm³/mol. The van der Waals surface area contributed by atoms with Gasteiger partial charge in [-0.25, -0.2) is 0 Å². The first-order valence-corrected chi connectivity index (χ1v) is 5.66. The Hall–Kier alpha value is -1.76. The molecule has 7 heteroatoms. The first kappa shape index (κ1) is 15.3. The molecule has 0 unspecified atom stereocenters. The number of ether oxygens (including phenoxy) is 1. The molecule has 1 rings (SSSR count). The number of nitrogens with two attached hydrogens (primary N) is 1. The second kappa shape index (κ2) is 6.42. The molecular formula is C12H15F3N2O2. The van der Waals surface area contributed by atoms with E-state index in [1.165, 1.54) is 6.07 Å². The lowest BCUT2D eigenvalue weighted by molar-refractivity contribution is -0.142. The van der Waals surface area contributed by atoms with Gasteiger partial charge in [-0.05, 0) is 24.6 Å². The van der Waals surface area contributed by atoms with E-state index in [0.717, 1.165) is 12.1 Å². The fourth-order valence-corrected chi connectivity index (χ4v) is 1.44. The van der Waals surface area contributed by atoms with E-state index in [1.54, 1.807) is 6.92 Å². The highest BCUT2D eigenvalue weighted by Gasteiger charge is 2.30. The Morgan fingerprint density at radius 3 is 2.63 bits per heavy atom. The van der Waals surface area contributed by atoms with Crippen LogP contribution in [0.4, 0.5) is 18.9 Å². The topological polar surface area (TPSA) is 64.3 Å². The van der Waals surface area contributed by atoms with E-state index in [9.17, 15) is 18.0 Å². The second-order valence-electron chi connectivity index (χ2n) is 3.82. The van der Waals surface area contributed by atoms with Crippen molar-refractivity contribution in [2.45, 2.75) is 19.6 Å². The molecule has 0 radical (unpaired) electrons. The van der Waals surface area contributed by atoms with E-state index in [0.29, 0.717) is 5.56 Å². The van der Waals surface area contributed by atoms with Gasteiger partial charge in [-0.3, -0.25) is 4.79 Å². The van der Waals surface area contributed by atoms with Gasteiger partial charge in [0, 0.05) is 12.2 Å². The van der Waals surface area contributed by atoms with Crippen molar-refractivity contribution in [1.82, 2.24) is 5.32 Å². The van der Waals surface area contributed by atoms with Crippen molar-refractivity contribution in [2.24, 2.45) is 0 Å². The number of halogens is 3. The molecule has 1 aromatic rings. The van der Waals surface area contributed by atoms with E-state index in [2.05, 4.69) is 5.32 Å². The molecule has 0 aliphatic carbocycles. The lowest BCUT2D eigenvalue weighted by atomic mass is 10.1. The van der Waals surface area contributed by atoms with Crippen molar-refractivity contribution in [1.29, 1.82) is 0 Å². The van der Waals surface area contributed by atoms with Crippen LogP contribution in [0.15, 0.2) is 18.2 Å². The summed E-state index contributed by atoms with van der Waals surface area (Å²) in [5.41, 5.74) is 5.28. The Kier molecular flexibility index (Phi) is 5.17. The quantitative estimate of drug-likeness (QED) is 0.637. The van der Waals surface area contributed by atoms with Gasteiger partial charge in [0.25, 0.3) is 0 Å². The zero-order valence-corrected chi connectivity index (χ0v) is 10.4. The number of alkyl halides is 3. The summed E-state index contributed by atoms with van der Waals surface area (Å²) < 4.78 is 41.9. The Morgan fingerprint density at radius 2 is 2.11 bits per heavy atom. The Labute approximate surface area is 108 Å². The van der Waals surface area contributed by atoms with Crippen molar-refractivity contribution in [3.63, 3.8) is 0 Å². The summed E-state index contributed by atoms with van der Waals surface area (Å²) in [7, 11) is 0. The van der Waals surface area contributed by atoms with Crippen molar-refractivity contribution in [3.8, 4) is 0 Å². The third-order valence-corrected chi connectivity index (χ3v) is 2.36. The van der Waals surface area contributed by atoms with Crippen LogP contribution >= 0.6 is 0 Å². The van der Waals surface area contributed by atoms with E-state index < -0.39 is 17.7 Å². The number of benzene rings is 1. The van der Waals surface area contributed by atoms with Crippen LogP contribution in [0.2, 0.25) is 0 Å². The number of hydrogen-bond donors (Lipinski definition) is 2. The van der Waals surface area contributed by atoms with Gasteiger partial charge in [-0.15, -0.1) is 0 Å². The van der Waals surface area contributed by atoms with E-state index >= 15 is 0 Å². The summed E-state index contributed by atoms with van der Waals surface area (Å²) >= 11 is 0. The maximum absolute atomic E-state index is 12.4. The van der Waals surface area contributed by atoms with Crippen LogP contribution < -0.4 is 11.1 Å².